The summed E-state index contributed by atoms with van der Waals surface area (Å²) in [4.78, 5) is 17.2. The Balaban J connectivity index is 1.86. The van der Waals surface area contributed by atoms with E-state index in [0.717, 1.165) is 27.8 Å². The van der Waals surface area contributed by atoms with Crippen molar-refractivity contribution in [2.24, 2.45) is 4.99 Å². The van der Waals surface area contributed by atoms with Crippen LogP contribution in [0.2, 0.25) is 0 Å². The molecule has 0 fully saturated rings. The van der Waals surface area contributed by atoms with Gasteiger partial charge in [0.25, 0.3) is 0 Å². The number of nitrogens with zero attached hydrogens (tertiary/aromatic N) is 4. The smallest absolute Gasteiger partial charge is 0.357 e. The highest BCUT2D eigenvalue weighted by Gasteiger charge is 2.32. The van der Waals surface area contributed by atoms with E-state index < -0.39 is 11.9 Å². The second kappa shape index (κ2) is 9.49. The maximum atomic E-state index is 12.6. The molecule has 2 heterocycles. The van der Waals surface area contributed by atoms with E-state index in [1.165, 1.54) is 0 Å². The molecule has 27 heavy (non-hydrogen) atoms. The first-order valence-corrected chi connectivity index (χ1v) is 9.20. The van der Waals surface area contributed by atoms with Gasteiger partial charge in [-0.15, -0.1) is 11.3 Å². The second-order valence-corrected chi connectivity index (χ2v) is 6.84. The van der Waals surface area contributed by atoms with E-state index >= 15 is 0 Å². The average molecular weight is 401 g/mol. The van der Waals surface area contributed by atoms with Crippen LogP contribution in [0.3, 0.4) is 0 Å². The first-order chi connectivity index (χ1) is 12.8. The molecule has 0 aliphatic carbocycles. The van der Waals surface area contributed by atoms with Gasteiger partial charge < -0.3 is 16.0 Å². The zero-order valence-corrected chi connectivity index (χ0v) is 16.1. The van der Waals surface area contributed by atoms with Crippen molar-refractivity contribution in [1.82, 2.24) is 25.6 Å². The minimum atomic E-state index is -4.49. The Labute approximate surface area is 159 Å². The van der Waals surface area contributed by atoms with Crippen LogP contribution in [0.4, 0.5) is 19.1 Å². The van der Waals surface area contributed by atoms with E-state index in [0.29, 0.717) is 32.1 Å². The Morgan fingerprint density at radius 1 is 1.19 bits per heavy atom. The van der Waals surface area contributed by atoms with Crippen molar-refractivity contribution in [2.45, 2.75) is 33.5 Å². The number of aromatic nitrogens is 3. The molecule has 0 saturated heterocycles. The van der Waals surface area contributed by atoms with Crippen LogP contribution in [0.15, 0.2) is 17.3 Å². The number of halogens is 3. The molecule has 148 valence electrons. The molecular weight excluding hydrogens is 379 g/mol. The van der Waals surface area contributed by atoms with E-state index in [1.807, 2.05) is 20.8 Å². The summed E-state index contributed by atoms with van der Waals surface area (Å²) in [5.74, 6) is 0.555. The number of thiazole rings is 1. The summed E-state index contributed by atoms with van der Waals surface area (Å²) < 4.78 is 37.9. The van der Waals surface area contributed by atoms with E-state index in [1.54, 1.807) is 11.3 Å². The maximum absolute atomic E-state index is 12.6. The number of hydrogen-bond donors (Lipinski definition) is 3. The molecule has 0 saturated carbocycles. The van der Waals surface area contributed by atoms with Crippen molar-refractivity contribution >= 4 is 23.2 Å². The zero-order chi connectivity index (χ0) is 19.9. The minimum absolute atomic E-state index is 0.0654. The maximum Gasteiger partial charge on any atom is 0.433 e. The number of nitrogens with one attached hydrogen (secondary N) is 3. The normalized spacial score (nSPS) is 12.1. The van der Waals surface area contributed by atoms with Crippen LogP contribution in [0.1, 0.15) is 28.2 Å². The van der Waals surface area contributed by atoms with Crippen molar-refractivity contribution in [3.8, 4) is 0 Å². The van der Waals surface area contributed by atoms with Crippen LogP contribution in [-0.4, -0.2) is 40.5 Å². The highest BCUT2D eigenvalue weighted by Crippen LogP contribution is 2.27. The fourth-order valence-corrected chi connectivity index (χ4v) is 3.03. The molecule has 0 amide bonds. The van der Waals surface area contributed by atoms with E-state index in [4.69, 9.17) is 0 Å². The third-order valence-corrected chi connectivity index (χ3v) is 4.43. The summed E-state index contributed by atoms with van der Waals surface area (Å²) in [6.45, 7) is 7.83. The predicted molar refractivity (Wildman–Crippen MR) is 99.9 cm³/mol. The van der Waals surface area contributed by atoms with Gasteiger partial charge in [0.15, 0.2) is 5.96 Å². The molecule has 2 aromatic heterocycles. The summed E-state index contributed by atoms with van der Waals surface area (Å²) in [6.07, 6.45) is -3.41. The van der Waals surface area contributed by atoms with Gasteiger partial charge in [-0.1, -0.05) is 0 Å². The van der Waals surface area contributed by atoms with Crippen molar-refractivity contribution < 1.29 is 13.2 Å². The largest absolute Gasteiger partial charge is 0.433 e. The first-order valence-electron chi connectivity index (χ1n) is 8.38. The first kappa shape index (κ1) is 20.9. The topological polar surface area (TPSA) is 87.1 Å². The Hall–Kier alpha value is -2.43. The summed E-state index contributed by atoms with van der Waals surface area (Å²) in [5.41, 5.74) is -0.00135. The molecule has 2 rings (SSSR count). The summed E-state index contributed by atoms with van der Waals surface area (Å²) in [6, 6.07) is 0.836. The summed E-state index contributed by atoms with van der Waals surface area (Å²) in [7, 11) is 0. The van der Waals surface area contributed by atoms with Crippen LogP contribution < -0.4 is 16.0 Å². The minimum Gasteiger partial charge on any atom is -0.357 e. The van der Waals surface area contributed by atoms with E-state index in [2.05, 4.69) is 35.9 Å². The lowest BCUT2D eigenvalue weighted by Gasteiger charge is -2.12. The lowest BCUT2D eigenvalue weighted by atomic mass is 10.4. The lowest BCUT2D eigenvalue weighted by Crippen LogP contribution is -2.39. The van der Waals surface area contributed by atoms with Crippen LogP contribution in [0.5, 0.6) is 0 Å². The Bertz CT molecular complexity index is 774. The third kappa shape index (κ3) is 6.66. The van der Waals surface area contributed by atoms with Crippen molar-refractivity contribution in [2.75, 3.05) is 25.0 Å². The number of guanidine groups is 1. The number of alkyl halides is 3. The van der Waals surface area contributed by atoms with Gasteiger partial charge in [0.05, 0.1) is 17.2 Å². The average Bonchev–Trinajstić information content (AvgIpc) is 2.93. The monoisotopic (exact) mass is 401 g/mol. The van der Waals surface area contributed by atoms with Crippen LogP contribution >= 0.6 is 11.3 Å². The molecule has 0 radical (unpaired) electrons. The van der Waals surface area contributed by atoms with E-state index in [-0.39, 0.29) is 5.95 Å². The molecule has 7 nitrogen and oxygen atoms in total. The van der Waals surface area contributed by atoms with Crippen LogP contribution in [-0.2, 0) is 12.7 Å². The molecule has 0 aliphatic rings. The molecule has 0 spiro atoms. The van der Waals surface area contributed by atoms with Crippen LogP contribution in [0.25, 0.3) is 0 Å². The fourth-order valence-electron chi connectivity index (χ4n) is 2.17. The summed E-state index contributed by atoms with van der Waals surface area (Å²) in [5, 5.41) is 10.0. The predicted octanol–water partition coefficient (Wildman–Crippen LogP) is 2.74. The van der Waals surface area contributed by atoms with Gasteiger partial charge in [0.2, 0.25) is 5.95 Å². The van der Waals surface area contributed by atoms with Gasteiger partial charge >= 0.3 is 6.18 Å². The van der Waals surface area contributed by atoms with Crippen molar-refractivity contribution in [1.29, 1.82) is 0 Å². The van der Waals surface area contributed by atoms with Gasteiger partial charge in [-0.05, 0) is 26.8 Å². The van der Waals surface area contributed by atoms with Crippen molar-refractivity contribution in [3.05, 3.63) is 33.5 Å². The third-order valence-electron chi connectivity index (χ3n) is 3.37. The van der Waals surface area contributed by atoms with Crippen LogP contribution in [0, 0.1) is 13.8 Å². The van der Waals surface area contributed by atoms with Gasteiger partial charge in [0.1, 0.15) is 5.69 Å². The number of aliphatic imine (C=N–C) groups is 1. The Morgan fingerprint density at radius 2 is 1.96 bits per heavy atom. The van der Waals surface area contributed by atoms with Gasteiger partial charge in [0, 0.05) is 30.7 Å². The zero-order valence-electron chi connectivity index (χ0n) is 15.3. The molecule has 3 N–H and O–H groups in total. The second-order valence-electron chi connectivity index (χ2n) is 5.55. The number of aryl methyl sites for hydroxylation is 2. The SMILES string of the molecule is CCNC(=NCc1sc(C)nc1C)NCCNc1nccc(C(F)(F)F)n1. The molecule has 0 bridgehead atoms. The quantitative estimate of drug-likeness (QED) is 0.376. The molecule has 0 aromatic carbocycles. The van der Waals surface area contributed by atoms with E-state index in [9.17, 15) is 13.2 Å². The Kier molecular flexibility index (Phi) is 7.34. The molecule has 0 atom stereocenters. The molecule has 11 heteroatoms. The fraction of sp³-hybridized carbons (Fsp3) is 0.500. The highest BCUT2D eigenvalue weighted by molar-refractivity contribution is 7.11. The van der Waals surface area contributed by atoms with Gasteiger partial charge in [-0.2, -0.15) is 13.2 Å². The molecule has 0 aliphatic heterocycles. The van der Waals surface area contributed by atoms with Gasteiger partial charge in [-0.3, -0.25) is 0 Å². The molecular formula is C16H22F3N7S. The standard InChI is InChI=1S/C16H22F3N7S/c1-4-20-14(24-9-12-10(2)25-11(3)27-12)22-7-8-23-15-21-6-5-13(26-15)16(17,18)19/h5-6H,4,7-9H2,1-3H3,(H2,20,22,24)(H,21,23,26). The van der Waals surface area contributed by atoms with Gasteiger partial charge in [-0.25, -0.2) is 19.9 Å². The highest BCUT2D eigenvalue weighted by atomic mass is 32.1. The summed E-state index contributed by atoms with van der Waals surface area (Å²) >= 11 is 1.61. The molecule has 2 aromatic rings. The lowest BCUT2D eigenvalue weighted by molar-refractivity contribution is -0.141. The number of hydrogen-bond acceptors (Lipinski definition) is 6. The number of anilines is 1. The molecule has 0 unspecified atom stereocenters. The van der Waals surface area contributed by atoms with Crippen molar-refractivity contribution in [3.63, 3.8) is 0 Å². The number of rotatable bonds is 7. The Morgan fingerprint density at radius 3 is 2.59 bits per heavy atom.